The molecule has 4 aromatic carbocycles. The summed E-state index contributed by atoms with van der Waals surface area (Å²) in [4.78, 5) is 21.7. The van der Waals surface area contributed by atoms with Crippen LogP contribution in [0.1, 0.15) is 17.0 Å². The number of carbonyl (C=O) groups excluding carboxylic acids is 1. The van der Waals surface area contributed by atoms with E-state index in [9.17, 15) is 4.79 Å². The number of benzene rings is 4. The summed E-state index contributed by atoms with van der Waals surface area (Å²) in [7, 11) is 0. The lowest BCUT2D eigenvalue weighted by Gasteiger charge is -2.19. The van der Waals surface area contributed by atoms with Crippen molar-refractivity contribution in [1.82, 2.24) is 15.4 Å². The number of carbonyl (C=O) groups is 1. The fourth-order valence-electron chi connectivity index (χ4n) is 3.94. The van der Waals surface area contributed by atoms with Crippen molar-refractivity contribution in [3.8, 4) is 11.5 Å². The van der Waals surface area contributed by atoms with Gasteiger partial charge in [0.25, 0.3) is 0 Å². The van der Waals surface area contributed by atoms with Crippen LogP contribution in [0.25, 0.3) is 0 Å². The molecule has 0 aliphatic heterocycles. The number of ether oxygens (including phenoxy) is 1. The molecule has 1 amide bonds. The van der Waals surface area contributed by atoms with Crippen LogP contribution in [0, 0.1) is 0 Å². The van der Waals surface area contributed by atoms with Gasteiger partial charge >= 0.3 is 0 Å². The maximum atomic E-state index is 13.3. The molecule has 0 bridgehead atoms. The van der Waals surface area contributed by atoms with Crippen molar-refractivity contribution in [2.75, 3.05) is 16.5 Å². The molecule has 8 heteroatoms. The number of amides is 1. The van der Waals surface area contributed by atoms with Crippen LogP contribution in [0.5, 0.6) is 11.5 Å². The van der Waals surface area contributed by atoms with Gasteiger partial charge in [-0.1, -0.05) is 78.9 Å². The zero-order valence-corrected chi connectivity index (χ0v) is 20.4. The van der Waals surface area contributed by atoms with Crippen LogP contribution in [-0.4, -0.2) is 15.9 Å². The first-order valence-corrected chi connectivity index (χ1v) is 12.0. The average Bonchev–Trinajstić information content (AvgIpc) is 2.96. The van der Waals surface area contributed by atoms with Crippen LogP contribution >= 0.6 is 0 Å². The van der Waals surface area contributed by atoms with Crippen LogP contribution in [0.2, 0.25) is 0 Å². The van der Waals surface area contributed by atoms with Gasteiger partial charge in [0.05, 0.1) is 5.92 Å². The lowest BCUT2D eigenvalue weighted by molar-refractivity contribution is -0.121. The molecule has 1 aromatic heterocycles. The number of aromatic nitrogens is 2. The van der Waals surface area contributed by atoms with Crippen LogP contribution < -0.4 is 26.6 Å². The summed E-state index contributed by atoms with van der Waals surface area (Å²) in [6, 6.07) is 36.1. The Kier molecular flexibility index (Phi) is 7.41. The van der Waals surface area contributed by atoms with E-state index in [0.29, 0.717) is 11.6 Å². The fourth-order valence-corrected chi connectivity index (χ4v) is 3.94. The second-order valence-electron chi connectivity index (χ2n) is 8.42. The first-order valence-electron chi connectivity index (χ1n) is 12.0. The van der Waals surface area contributed by atoms with Crippen LogP contribution in [0.4, 0.5) is 23.0 Å². The summed E-state index contributed by atoms with van der Waals surface area (Å²) in [6.07, 6.45) is 1.37. The first kappa shape index (κ1) is 24.3. The van der Waals surface area contributed by atoms with Gasteiger partial charge in [-0.2, -0.15) is 0 Å². The van der Waals surface area contributed by atoms with Gasteiger partial charge in [-0.3, -0.25) is 15.6 Å². The smallest absolute Gasteiger partial charge is 0.250 e. The van der Waals surface area contributed by atoms with Crippen molar-refractivity contribution in [3.05, 3.63) is 133 Å². The summed E-state index contributed by atoms with van der Waals surface area (Å²) in [5, 5.41) is 3.18. The largest absolute Gasteiger partial charge is 0.457 e. The zero-order chi connectivity index (χ0) is 26.2. The van der Waals surface area contributed by atoms with Gasteiger partial charge < -0.3 is 15.8 Å². The molecule has 0 aliphatic rings. The van der Waals surface area contributed by atoms with Crippen molar-refractivity contribution < 1.29 is 9.53 Å². The molecule has 0 fully saturated rings. The van der Waals surface area contributed by atoms with E-state index in [0.717, 1.165) is 22.6 Å². The van der Waals surface area contributed by atoms with Crippen molar-refractivity contribution in [1.29, 1.82) is 0 Å². The standard InChI is InChI=1S/C30H26N6O2/c31-27-28(34-23-16-18-25(19-17-23)38-24-14-8-3-9-15-24)32-20-33-29(27)35-36-30(37)26(21-10-4-1-5-11-21)22-12-6-2-7-13-22/h1-20,26H,31H2,(H,36,37)(H2,32,33,34,35). The van der Waals surface area contributed by atoms with E-state index in [1.54, 1.807) is 0 Å². The molecular formula is C30H26N6O2. The Labute approximate surface area is 220 Å². The number of hydrogen-bond donors (Lipinski definition) is 4. The Bertz CT molecular complexity index is 1440. The highest BCUT2D eigenvalue weighted by Gasteiger charge is 2.23. The minimum atomic E-state index is -0.512. The molecule has 38 heavy (non-hydrogen) atoms. The molecule has 0 unspecified atom stereocenters. The highest BCUT2D eigenvalue weighted by atomic mass is 16.5. The van der Waals surface area contributed by atoms with E-state index >= 15 is 0 Å². The van der Waals surface area contributed by atoms with E-state index in [-0.39, 0.29) is 17.4 Å². The summed E-state index contributed by atoms with van der Waals surface area (Å²) < 4.78 is 5.84. The number of nitrogens with zero attached hydrogens (tertiary/aromatic N) is 2. The van der Waals surface area contributed by atoms with Gasteiger partial charge in [-0.05, 0) is 47.5 Å². The number of nitrogens with two attached hydrogens (primary N) is 1. The SMILES string of the molecule is Nc1c(NNC(=O)C(c2ccccc2)c2ccccc2)ncnc1Nc1ccc(Oc2ccccc2)cc1. The molecule has 5 rings (SSSR count). The third kappa shape index (κ3) is 5.88. The monoisotopic (exact) mass is 502 g/mol. The molecule has 1 heterocycles. The number of hydrazine groups is 1. The molecule has 0 saturated heterocycles. The van der Waals surface area contributed by atoms with Gasteiger partial charge in [0.1, 0.15) is 23.5 Å². The van der Waals surface area contributed by atoms with Crippen molar-refractivity contribution >= 4 is 28.9 Å². The number of hydrogen-bond acceptors (Lipinski definition) is 7. The van der Waals surface area contributed by atoms with Crippen LogP contribution in [-0.2, 0) is 4.79 Å². The second kappa shape index (κ2) is 11.6. The summed E-state index contributed by atoms with van der Waals surface area (Å²) in [5.74, 6) is 1.38. The van der Waals surface area contributed by atoms with Crippen molar-refractivity contribution in [3.63, 3.8) is 0 Å². The third-order valence-corrected chi connectivity index (χ3v) is 5.81. The van der Waals surface area contributed by atoms with E-state index in [1.807, 2.05) is 115 Å². The Morgan fingerprint density at radius 3 is 1.82 bits per heavy atom. The zero-order valence-electron chi connectivity index (χ0n) is 20.4. The predicted molar refractivity (Wildman–Crippen MR) is 149 cm³/mol. The lowest BCUT2D eigenvalue weighted by atomic mass is 9.91. The highest BCUT2D eigenvalue weighted by molar-refractivity contribution is 5.89. The summed E-state index contributed by atoms with van der Waals surface area (Å²) >= 11 is 0. The van der Waals surface area contributed by atoms with Crippen molar-refractivity contribution in [2.45, 2.75) is 5.92 Å². The van der Waals surface area contributed by atoms with E-state index in [2.05, 4.69) is 26.1 Å². The van der Waals surface area contributed by atoms with E-state index < -0.39 is 5.92 Å². The topological polar surface area (TPSA) is 114 Å². The number of nitrogens with one attached hydrogen (secondary N) is 3. The summed E-state index contributed by atoms with van der Waals surface area (Å²) in [6.45, 7) is 0. The number of rotatable bonds is 9. The Balaban J connectivity index is 1.27. The molecule has 0 saturated carbocycles. The van der Waals surface area contributed by atoms with E-state index in [1.165, 1.54) is 6.33 Å². The molecular weight excluding hydrogens is 476 g/mol. The molecule has 5 N–H and O–H groups in total. The molecule has 188 valence electrons. The van der Waals surface area contributed by atoms with Gasteiger partial charge in [-0.15, -0.1) is 0 Å². The highest BCUT2D eigenvalue weighted by Crippen LogP contribution is 2.29. The third-order valence-electron chi connectivity index (χ3n) is 5.81. The molecule has 8 nitrogen and oxygen atoms in total. The average molecular weight is 503 g/mol. The fraction of sp³-hybridized carbons (Fsp3) is 0.0333. The summed E-state index contributed by atoms with van der Waals surface area (Å²) in [5.41, 5.74) is 14.7. The van der Waals surface area contributed by atoms with E-state index in [4.69, 9.17) is 10.5 Å². The molecule has 5 aromatic rings. The van der Waals surface area contributed by atoms with Crippen molar-refractivity contribution in [2.24, 2.45) is 0 Å². The maximum absolute atomic E-state index is 13.3. The first-order chi connectivity index (χ1) is 18.7. The number of para-hydroxylation sites is 1. The van der Waals surface area contributed by atoms with Crippen LogP contribution in [0.3, 0.4) is 0 Å². The molecule has 0 spiro atoms. The number of nitrogen functional groups attached to an aromatic ring is 1. The number of anilines is 4. The van der Waals surface area contributed by atoms with Gasteiger partial charge in [0, 0.05) is 5.69 Å². The minimum Gasteiger partial charge on any atom is -0.457 e. The normalized spacial score (nSPS) is 10.6. The lowest BCUT2D eigenvalue weighted by Crippen LogP contribution is -2.35. The quantitative estimate of drug-likeness (QED) is 0.186. The molecule has 0 atom stereocenters. The Hall–Kier alpha value is -5.37. The van der Waals surface area contributed by atoms with Gasteiger partial charge in [0.15, 0.2) is 11.6 Å². The van der Waals surface area contributed by atoms with Gasteiger partial charge in [-0.25, -0.2) is 9.97 Å². The van der Waals surface area contributed by atoms with Crippen LogP contribution in [0.15, 0.2) is 122 Å². The molecule has 0 aliphatic carbocycles. The van der Waals surface area contributed by atoms with Gasteiger partial charge in [0.2, 0.25) is 5.91 Å². The molecule has 0 radical (unpaired) electrons. The predicted octanol–water partition coefficient (Wildman–Crippen LogP) is 5.87. The Morgan fingerprint density at radius 2 is 1.21 bits per heavy atom. The maximum Gasteiger partial charge on any atom is 0.250 e. The second-order valence-corrected chi connectivity index (χ2v) is 8.42. The minimum absolute atomic E-state index is 0.246. The Morgan fingerprint density at radius 1 is 0.684 bits per heavy atom.